The molecule has 0 amide bonds. The summed E-state index contributed by atoms with van der Waals surface area (Å²) in [4.78, 5) is 0. The molecule has 0 unspecified atom stereocenters. The Morgan fingerprint density at radius 3 is 2.78 bits per heavy atom. The first-order chi connectivity index (χ1) is 8.79. The molecule has 2 nitrogen and oxygen atoms in total. The minimum atomic E-state index is 0.912. The zero-order valence-electron chi connectivity index (χ0n) is 10.9. The summed E-state index contributed by atoms with van der Waals surface area (Å²) < 4.78 is 5.26. The molecule has 0 aliphatic rings. The maximum absolute atomic E-state index is 5.26. The van der Waals surface area contributed by atoms with E-state index in [0.717, 1.165) is 25.3 Å². The van der Waals surface area contributed by atoms with Crippen molar-refractivity contribution in [3.8, 4) is 5.75 Å². The Morgan fingerprint density at radius 1 is 1.22 bits per heavy atom. The second-order valence-corrected chi connectivity index (χ2v) is 5.14. The smallest absolute Gasteiger partial charge is 0.121 e. The highest BCUT2D eigenvalue weighted by molar-refractivity contribution is 7.07. The van der Waals surface area contributed by atoms with Gasteiger partial charge >= 0.3 is 0 Å². The molecule has 0 saturated carbocycles. The predicted molar refractivity (Wildman–Crippen MR) is 77.5 cm³/mol. The fourth-order valence-electron chi connectivity index (χ4n) is 1.95. The summed E-state index contributed by atoms with van der Waals surface area (Å²) in [5, 5.41) is 7.80. The van der Waals surface area contributed by atoms with Crippen molar-refractivity contribution in [3.05, 3.63) is 51.7 Å². The molecule has 2 aromatic rings. The predicted octanol–water partition coefficient (Wildman–Crippen LogP) is 3.40. The Balaban J connectivity index is 1.78. The molecular formula is C15H19NOS. The summed E-state index contributed by atoms with van der Waals surface area (Å²) in [6, 6.07) is 8.51. The SMILES string of the molecule is COc1ccc(CNCCc2ccsc2)cc1C. The van der Waals surface area contributed by atoms with Crippen molar-refractivity contribution in [2.75, 3.05) is 13.7 Å². The van der Waals surface area contributed by atoms with Gasteiger partial charge in [-0.3, -0.25) is 0 Å². The van der Waals surface area contributed by atoms with Gasteiger partial charge in [-0.15, -0.1) is 0 Å². The average molecular weight is 261 g/mol. The van der Waals surface area contributed by atoms with Gasteiger partial charge in [0, 0.05) is 6.54 Å². The number of thiophene rings is 1. The summed E-state index contributed by atoms with van der Waals surface area (Å²) in [6.45, 7) is 4.00. The molecule has 0 radical (unpaired) electrons. The zero-order chi connectivity index (χ0) is 12.8. The van der Waals surface area contributed by atoms with Crippen LogP contribution in [0.2, 0.25) is 0 Å². The minimum absolute atomic E-state index is 0.912. The number of nitrogens with one attached hydrogen (secondary N) is 1. The van der Waals surface area contributed by atoms with E-state index in [4.69, 9.17) is 4.74 Å². The molecule has 1 heterocycles. The molecule has 0 aliphatic heterocycles. The van der Waals surface area contributed by atoms with Crippen molar-refractivity contribution in [2.24, 2.45) is 0 Å². The minimum Gasteiger partial charge on any atom is -0.496 e. The van der Waals surface area contributed by atoms with E-state index < -0.39 is 0 Å². The zero-order valence-corrected chi connectivity index (χ0v) is 11.7. The lowest BCUT2D eigenvalue weighted by atomic mass is 10.1. The first-order valence-corrected chi connectivity index (χ1v) is 7.09. The number of benzene rings is 1. The average Bonchev–Trinajstić information content (AvgIpc) is 2.88. The van der Waals surface area contributed by atoms with Crippen LogP contribution in [-0.4, -0.2) is 13.7 Å². The third-order valence-corrected chi connectivity index (χ3v) is 3.69. The highest BCUT2D eigenvalue weighted by Gasteiger charge is 1.99. The van der Waals surface area contributed by atoms with Gasteiger partial charge in [0.15, 0.2) is 0 Å². The van der Waals surface area contributed by atoms with Gasteiger partial charge in [0.25, 0.3) is 0 Å². The molecule has 0 atom stereocenters. The normalized spacial score (nSPS) is 10.6. The van der Waals surface area contributed by atoms with Crippen LogP contribution in [-0.2, 0) is 13.0 Å². The molecule has 3 heteroatoms. The summed E-state index contributed by atoms with van der Waals surface area (Å²) in [7, 11) is 1.71. The number of rotatable bonds is 6. The van der Waals surface area contributed by atoms with Crippen molar-refractivity contribution in [1.82, 2.24) is 5.32 Å². The Bertz CT molecular complexity index is 479. The van der Waals surface area contributed by atoms with Crippen LogP contribution in [0, 0.1) is 6.92 Å². The van der Waals surface area contributed by atoms with Crippen molar-refractivity contribution in [1.29, 1.82) is 0 Å². The Morgan fingerprint density at radius 2 is 2.11 bits per heavy atom. The van der Waals surface area contributed by atoms with Crippen LogP contribution < -0.4 is 10.1 Å². The third kappa shape index (κ3) is 3.59. The topological polar surface area (TPSA) is 21.3 Å². The van der Waals surface area contributed by atoms with Gasteiger partial charge < -0.3 is 10.1 Å². The van der Waals surface area contributed by atoms with Crippen LogP contribution in [0.4, 0.5) is 0 Å². The van der Waals surface area contributed by atoms with Crippen molar-refractivity contribution in [3.63, 3.8) is 0 Å². The lowest BCUT2D eigenvalue weighted by Crippen LogP contribution is -2.16. The molecule has 18 heavy (non-hydrogen) atoms. The van der Waals surface area contributed by atoms with Crippen LogP contribution in [0.25, 0.3) is 0 Å². The van der Waals surface area contributed by atoms with Gasteiger partial charge in [-0.2, -0.15) is 11.3 Å². The van der Waals surface area contributed by atoms with E-state index in [0.29, 0.717) is 0 Å². The van der Waals surface area contributed by atoms with E-state index in [-0.39, 0.29) is 0 Å². The number of hydrogen-bond acceptors (Lipinski definition) is 3. The van der Waals surface area contributed by atoms with Crippen LogP contribution >= 0.6 is 11.3 Å². The Kier molecular flexibility index (Phi) is 4.79. The quantitative estimate of drug-likeness (QED) is 0.805. The Hall–Kier alpha value is -1.32. The molecule has 0 fully saturated rings. The van der Waals surface area contributed by atoms with Crippen LogP contribution in [0.3, 0.4) is 0 Å². The van der Waals surface area contributed by atoms with E-state index in [1.807, 2.05) is 6.07 Å². The molecule has 0 saturated heterocycles. The summed E-state index contributed by atoms with van der Waals surface area (Å²) >= 11 is 1.76. The number of aryl methyl sites for hydroxylation is 1. The molecule has 1 aromatic carbocycles. The molecule has 2 rings (SSSR count). The van der Waals surface area contributed by atoms with E-state index >= 15 is 0 Å². The summed E-state index contributed by atoms with van der Waals surface area (Å²) in [6.07, 6.45) is 1.10. The lowest BCUT2D eigenvalue weighted by molar-refractivity contribution is 0.411. The van der Waals surface area contributed by atoms with Gasteiger partial charge in [0.1, 0.15) is 5.75 Å². The van der Waals surface area contributed by atoms with Crippen molar-refractivity contribution >= 4 is 11.3 Å². The molecule has 1 N–H and O–H groups in total. The highest BCUT2D eigenvalue weighted by Crippen LogP contribution is 2.18. The second-order valence-electron chi connectivity index (χ2n) is 4.36. The van der Waals surface area contributed by atoms with Crippen LogP contribution in [0.5, 0.6) is 5.75 Å². The molecule has 0 aliphatic carbocycles. The molecule has 0 bridgehead atoms. The van der Waals surface area contributed by atoms with Crippen molar-refractivity contribution in [2.45, 2.75) is 19.9 Å². The standard InChI is InChI=1S/C15H19NOS/c1-12-9-14(3-4-15(12)17-2)10-16-7-5-13-6-8-18-11-13/h3-4,6,8-9,11,16H,5,7,10H2,1-2H3. The van der Waals surface area contributed by atoms with Gasteiger partial charge in [0.05, 0.1) is 7.11 Å². The summed E-state index contributed by atoms with van der Waals surface area (Å²) in [5.41, 5.74) is 3.91. The fourth-order valence-corrected chi connectivity index (χ4v) is 2.65. The van der Waals surface area contributed by atoms with Crippen LogP contribution in [0.1, 0.15) is 16.7 Å². The fraction of sp³-hybridized carbons (Fsp3) is 0.333. The Labute approximate surface area is 113 Å². The molecule has 0 spiro atoms. The first kappa shape index (κ1) is 13.1. The largest absolute Gasteiger partial charge is 0.496 e. The van der Waals surface area contributed by atoms with E-state index in [2.05, 4.69) is 41.2 Å². The van der Waals surface area contributed by atoms with Gasteiger partial charge in [0.2, 0.25) is 0 Å². The van der Waals surface area contributed by atoms with Gasteiger partial charge in [-0.1, -0.05) is 12.1 Å². The second kappa shape index (κ2) is 6.57. The molecule has 1 aromatic heterocycles. The lowest BCUT2D eigenvalue weighted by Gasteiger charge is -2.08. The van der Waals surface area contributed by atoms with Crippen molar-refractivity contribution < 1.29 is 4.74 Å². The number of hydrogen-bond donors (Lipinski definition) is 1. The maximum atomic E-state index is 5.26. The monoisotopic (exact) mass is 261 g/mol. The van der Waals surface area contributed by atoms with E-state index in [1.54, 1.807) is 18.4 Å². The highest BCUT2D eigenvalue weighted by atomic mass is 32.1. The number of ether oxygens (including phenoxy) is 1. The van der Waals surface area contributed by atoms with E-state index in [9.17, 15) is 0 Å². The molecule has 96 valence electrons. The first-order valence-electron chi connectivity index (χ1n) is 6.15. The van der Waals surface area contributed by atoms with Crippen LogP contribution in [0.15, 0.2) is 35.0 Å². The summed E-state index contributed by atoms with van der Waals surface area (Å²) in [5.74, 6) is 0.956. The van der Waals surface area contributed by atoms with Gasteiger partial charge in [-0.25, -0.2) is 0 Å². The van der Waals surface area contributed by atoms with E-state index in [1.165, 1.54) is 16.7 Å². The molecular weight excluding hydrogens is 242 g/mol. The van der Waals surface area contributed by atoms with Gasteiger partial charge in [-0.05, 0) is 59.5 Å². The number of methoxy groups -OCH3 is 1. The third-order valence-electron chi connectivity index (χ3n) is 2.96. The maximum Gasteiger partial charge on any atom is 0.121 e.